The molecule has 4 heteroatoms. The summed E-state index contributed by atoms with van der Waals surface area (Å²) < 4.78 is 5.04. The molecule has 1 aromatic rings. The SMILES string of the molecule is COc1ccc(CO)cc1C#CC(N)=O. The smallest absolute Gasteiger partial charge is 0.293 e. The summed E-state index contributed by atoms with van der Waals surface area (Å²) in [6.07, 6.45) is 0. The van der Waals surface area contributed by atoms with Gasteiger partial charge in [0.25, 0.3) is 5.91 Å². The molecule has 0 atom stereocenters. The van der Waals surface area contributed by atoms with Crippen molar-refractivity contribution in [1.29, 1.82) is 0 Å². The number of hydrogen-bond donors (Lipinski definition) is 2. The summed E-state index contributed by atoms with van der Waals surface area (Å²) in [4.78, 5) is 10.5. The van der Waals surface area contributed by atoms with Crippen LogP contribution < -0.4 is 10.5 Å². The van der Waals surface area contributed by atoms with Crippen molar-refractivity contribution >= 4 is 5.91 Å². The minimum Gasteiger partial charge on any atom is -0.495 e. The molecule has 15 heavy (non-hydrogen) atoms. The summed E-state index contributed by atoms with van der Waals surface area (Å²) >= 11 is 0. The van der Waals surface area contributed by atoms with E-state index in [4.69, 9.17) is 15.6 Å². The summed E-state index contributed by atoms with van der Waals surface area (Å²) in [7, 11) is 1.50. The Morgan fingerprint density at radius 2 is 2.33 bits per heavy atom. The second-order valence-corrected chi connectivity index (χ2v) is 2.81. The maximum absolute atomic E-state index is 10.5. The molecule has 0 aliphatic heterocycles. The van der Waals surface area contributed by atoms with Crippen molar-refractivity contribution in [3.63, 3.8) is 0 Å². The summed E-state index contributed by atoms with van der Waals surface area (Å²) in [5, 5.41) is 8.92. The predicted molar refractivity (Wildman–Crippen MR) is 55.0 cm³/mol. The Balaban J connectivity index is 3.13. The van der Waals surface area contributed by atoms with Gasteiger partial charge in [-0.3, -0.25) is 4.79 Å². The molecule has 1 amide bonds. The zero-order chi connectivity index (χ0) is 11.3. The first-order valence-corrected chi connectivity index (χ1v) is 4.26. The Kier molecular flexibility index (Phi) is 3.72. The van der Waals surface area contributed by atoms with Gasteiger partial charge in [-0.1, -0.05) is 12.0 Å². The Bertz CT molecular complexity index is 429. The first-order valence-electron chi connectivity index (χ1n) is 4.26. The molecule has 78 valence electrons. The van der Waals surface area contributed by atoms with E-state index in [1.54, 1.807) is 18.2 Å². The number of hydrogen-bond acceptors (Lipinski definition) is 3. The van der Waals surface area contributed by atoms with Crippen molar-refractivity contribution in [2.45, 2.75) is 6.61 Å². The highest BCUT2D eigenvalue weighted by Crippen LogP contribution is 2.18. The summed E-state index contributed by atoms with van der Waals surface area (Å²) in [5.41, 5.74) is 6.13. The molecule has 0 aliphatic carbocycles. The van der Waals surface area contributed by atoms with E-state index < -0.39 is 5.91 Å². The van der Waals surface area contributed by atoms with Crippen LogP contribution in [-0.2, 0) is 11.4 Å². The number of benzene rings is 1. The van der Waals surface area contributed by atoms with E-state index in [9.17, 15) is 4.79 Å². The van der Waals surface area contributed by atoms with Gasteiger partial charge in [0.05, 0.1) is 19.3 Å². The summed E-state index contributed by atoms with van der Waals surface area (Å²) in [6, 6.07) is 5.04. The molecule has 0 bridgehead atoms. The lowest BCUT2D eigenvalue weighted by atomic mass is 10.1. The first-order chi connectivity index (χ1) is 7.17. The van der Waals surface area contributed by atoms with Gasteiger partial charge in [0.15, 0.2) is 0 Å². The van der Waals surface area contributed by atoms with Crippen LogP contribution in [0.5, 0.6) is 5.75 Å². The molecule has 1 rings (SSSR count). The van der Waals surface area contributed by atoms with Gasteiger partial charge < -0.3 is 15.6 Å². The van der Waals surface area contributed by atoms with Crippen LogP contribution in [-0.4, -0.2) is 18.1 Å². The molecule has 0 saturated heterocycles. The molecular formula is C11H11NO3. The van der Waals surface area contributed by atoms with E-state index in [0.29, 0.717) is 16.9 Å². The van der Waals surface area contributed by atoms with E-state index in [1.807, 2.05) is 0 Å². The average Bonchev–Trinajstić information content (AvgIpc) is 2.25. The number of carbonyl (C=O) groups is 1. The molecule has 0 saturated carbocycles. The van der Waals surface area contributed by atoms with Crippen molar-refractivity contribution in [3.8, 4) is 17.6 Å². The topological polar surface area (TPSA) is 72.6 Å². The van der Waals surface area contributed by atoms with Gasteiger partial charge in [-0.05, 0) is 17.7 Å². The Hall–Kier alpha value is -1.99. The maximum Gasteiger partial charge on any atom is 0.293 e. The van der Waals surface area contributed by atoms with Crippen molar-refractivity contribution < 1.29 is 14.6 Å². The highest BCUT2D eigenvalue weighted by Gasteiger charge is 2.01. The minimum absolute atomic E-state index is 0.0880. The van der Waals surface area contributed by atoms with Crippen molar-refractivity contribution in [1.82, 2.24) is 0 Å². The van der Waals surface area contributed by atoms with Crippen molar-refractivity contribution in [3.05, 3.63) is 29.3 Å². The number of aliphatic hydroxyl groups is 1. The maximum atomic E-state index is 10.5. The Labute approximate surface area is 87.7 Å². The minimum atomic E-state index is -0.702. The van der Waals surface area contributed by atoms with Crippen LogP contribution in [0.2, 0.25) is 0 Å². The largest absolute Gasteiger partial charge is 0.495 e. The molecule has 4 nitrogen and oxygen atoms in total. The fourth-order valence-electron chi connectivity index (χ4n) is 1.08. The van der Waals surface area contributed by atoms with Crippen LogP contribution >= 0.6 is 0 Å². The number of amides is 1. The highest BCUT2D eigenvalue weighted by atomic mass is 16.5. The molecule has 0 aliphatic rings. The Morgan fingerprint density at radius 3 is 2.87 bits per heavy atom. The van der Waals surface area contributed by atoms with Crippen molar-refractivity contribution in [2.24, 2.45) is 5.73 Å². The lowest BCUT2D eigenvalue weighted by Gasteiger charge is -2.04. The first kappa shape index (κ1) is 11.1. The number of aliphatic hydroxyl groups excluding tert-OH is 1. The standard InChI is InChI=1S/C11H11NO3/c1-15-10-4-2-8(7-13)6-9(10)3-5-11(12)14/h2,4,6,13H,7H2,1H3,(H2,12,14). The van der Waals surface area contributed by atoms with E-state index in [1.165, 1.54) is 7.11 Å². The van der Waals surface area contributed by atoms with Gasteiger partial charge in [0, 0.05) is 5.92 Å². The second kappa shape index (κ2) is 5.03. The van der Waals surface area contributed by atoms with Crippen LogP contribution in [0.4, 0.5) is 0 Å². The third-order valence-electron chi connectivity index (χ3n) is 1.77. The fourth-order valence-corrected chi connectivity index (χ4v) is 1.08. The number of methoxy groups -OCH3 is 1. The number of rotatable bonds is 2. The molecule has 0 fully saturated rings. The van der Waals surface area contributed by atoms with Crippen LogP contribution in [0.25, 0.3) is 0 Å². The average molecular weight is 205 g/mol. The van der Waals surface area contributed by atoms with Crippen molar-refractivity contribution in [2.75, 3.05) is 7.11 Å². The molecule has 3 N–H and O–H groups in total. The lowest BCUT2D eigenvalue weighted by Crippen LogP contribution is -2.06. The molecule has 0 spiro atoms. The molecule has 0 radical (unpaired) electrons. The predicted octanol–water partition coefficient (Wildman–Crippen LogP) is 0.0243. The van der Waals surface area contributed by atoms with E-state index in [0.717, 1.165) is 0 Å². The molecule has 1 aromatic carbocycles. The van der Waals surface area contributed by atoms with Crippen LogP contribution in [0.15, 0.2) is 18.2 Å². The van der Waals surface area contributed by atoms with Gasteiger partial charge in [-0.2, -0.15) is 0 Å². The van der Waals surface area contributed by atoms with Gasteiger partial charge >= 0.3 is 0 Å². The number of primary amides is 1. The van der Waals surface area contributed by atoms with Crippen LogP contribution in [0, 0.1) is 11.8 Å². The zero-order valence-electron chi connectivity index (χ0n) is 8.28. The Morgan fingerprint density at radius 1 is 1.60 bits per heavy atom. The third-order valence-corrected chi connectivity index (χ3v) is 1.77. The van der Waals surface area contributed by atoms with E-state index >= 15 is 0 Å². The molecule has 0 aromatic heterocycles. The number of nitrogens with two attached hydrogens (primary N) is 1. The fraction of sp³-hybridized carbons (Fsp3) is 0.182. The summed E-state index contributed by atoms with van der Waals surface area (Å²) in [6.45, 7) is -0.0880. The van der Waals surface area contributed by atoms with Crippen LogP contribution in [0.1, 0.15) is 11.1 Å². The number of ether oxygens (including phenoxy) is 1. The zero-order valence-corrected chi connectivity index (χ0v) is 8.28. The van der Waals surface area contributed by atoms with Gasteiger partial charge in [0.2, 0.25) is 0 Å². The van der Waals surface area contributed by atoms with Gasteiger partial charge in [-0.15, -0.1) is 0 Å². The lowest BCUT2D eigenvalue weighted by molar-refractivity contribution is -0.112. The molecule has 0 unspecified atom stereocenters. The normalized spacial score (nSPS) is 8.93. The molecular weight excluding hydrogens is 194 g/mol. The van der Waals surface area contributed by atoms with E-state index in [2.05, 4.69) is 11.8 Å². The van der Waals surface area contributed by atoms with Gasteiger partial charge in [-0.25, -0.2) is 0 Å². The third kappa shape index (κ3) is 3.01. The van der Waals surface area contributed by atoms with Crippen LogP contribution in [0.3, 0.4) is 0 Å². The highest BCUT2D eigenvalue weighted by molar-refractivity contribution is 5.92. The number of carbonyl (C=O) groups excluding carboxylic acids is 1. The van der Waals surface area contributed by atoms with Gasteiger partial charge in [0.1, 0.15) is 5.75 Å². The van der Waals surface area contributed by atoms with E-state index in [-0.39, 0.29) is 6.61 Å². The summed E-state index contributed by atoms with van der Waals surface area (Å²) in [5.74, 6) is 4.63. The monoisotopic (exact) mass is 205 g/mol. The second-order valence-electron chi connectivity index (χ2n) is 2.81. The molecule has 0 heterocycles. The quantitative estimate of drug-likeness (QED) is 0.669.